The van der Waals surface area contributed by atoms with E-state index in [2.05, 4.69) is 9.97 Å². The molecule has 0 spiro atoms. The Kier molecular flexibility index (Phi) is 2.54. The van der Waals surface area contributed by atoms with Crippen molar-refractivity contribution in [3.63, 3.8) is 0 Å². The predicted octanol–water partition coefficient (Wildman–Crippen LogP) is 0.868. The van der Waals surface area contributed by atoms with Crippen molar-refractivity contribution in [2.24, 2.45) is 5.92 Å². The number of carbonyl (C=O) groups is 1. The highest BCUT2D eigenvalue weighted by Crippen LogP contribution is 2.23. The molecule has 14 heavy (non-hydrogen) atoms. The molecule has 0 aliphatic heterocycles. The van der Waals surface area contributed by atoms with E-state index in [1.807, 2.05) is 0 Å². The highest BCUT2D eigenvalue weighted by atomic mass is 16.5. The van der Waals surface area contributed by atoms with Gasteiger partial charge in [-0.05, 0) is 12.3 Å². The van der Waals surface area contributed by atoms with Gasteiger partial charge < -0.3 is 4.74 Å². The molecule has 74 valence electrons. The van der Waals surface area contributed by atoms with Crippen LogP contribution in [0.25, 0.3) is 0 Å². The van der Waals surface area contributed by atoms with Crippen LogP contribution >= 0.6 is 0 Å². The molecule has 0 bridgehead atoms. The molecule has 1 aliphatic rings. The van der Waals surface area contributed by atoms with Gasteiger partial charge in [0.15, 0.2) is 5.78 Å². The summed E-state index contributed by atoms with van der Waals surface area (Å²) < 4.78 is 5.05. The normalized spacial score (nSPS) is 20.6. The lowest BCUT2D eigenvalue weighted by Gasteiger charge is -2.21. The zero-order chi connectivity index (χ0) is 9.97. The number of ether oxygens (including phenoxy) is 1. The first-order chi connectivity index (χ1) is 6.81. The van der Waals surface area contributed by atoms with Gasteiger partial charge in [-0.3, -0.25) is 4.79 Å². The lowest BCUT2D eigenvalue weighted by atomic mass is 9.87. The van der Waals surface area contributed by atoms with Gasteiger partial charge in [-0.25, -0.2) is 9.97 Å². The molecule has 1 aliphatic carbocycles. The average Bonchev–Trinajstić information content (AvgIpc) is 2.18. The van der Waals surface area contributed by atoms with Gasteiger partial charge in [-0.15, -0.1) is 0 Å². The zero-order valence-electron chi connectivity index (χ0n) is 8.06. The summed E-state index contributed by atoms with van der Waals surface area (Å²) in [5.74, 6) is 0.406. The summed E-state index contributed by atoms with van der Waals surface area (Å²) in [4.78, 5) is 19.6. The Hall–Kier alpha value is -1.29. The third kappa shape index (κ3) is 1.65. The van der Waals surface area contributed by atoms with E-state index in [9.17, 15) is 4.79 Å². The number of Topliss-reactive ketones (excluding diaryl/α,β-unsaturated/α-hetero) is 1. The van der Waals surface area contributed by atoms with Crippen molar-refractivity contribution >= 4 is 5.78 Å². The van der Waals surface area contributed by atoms with Crippen LogP contribution in [0.1, 0.15) is 22.5 Å². The number of hydrogen-bond acceptors (Lipinski definition) is 4. The molecule has 0 saturated carbocycles. The largest absolute Gasteiger partial charge is 0.384 e. The molecule has 4 nitrogen and oxygen atoms in total. The number of fused-ring (bicyclic) bond motifs is 1. The second kappa shape index (κ2) is 3.84. The molecule has 1 heterocycles. The van der Waals surface area contributed by atoms with E-state index in [0.717, 1.165) is 12.1 Å². The van der Waals surface area contributed by atoms with Crippen LogP contribution in [0, 0.1) is 5.92 Å². The molecule has 0 fully saturated rings. The van der Waals surface area contributed by atoms with Crippen LogP contribution < -0.4 is 0 Å². The Labute approximate surface area is 82.3 Å². The van der Waals surface area contributed by atoms with Gasteiger partial charge in [0.1, 0.15) is 6.33 Å². The lowest BCUT2D eigenvalue weighted by Crippen LogP contribution is -2.24. The van der Waals surface area contributed by atoms with Crippen molar-refractivity contribution in [3.05, 3.63) is 23.8 Å². The van der Waals surface area contributed by atoms with Gasteiger partial charge in [0, 0.05) is 26.3 Å². The topological polar surface area (TPSA) is 52.1 Å². The second-order valence-electron chi connectivity index (χ2n) is 3.54. The monoisotopic (exact) mass is 192 g/mol. The van der Waals surface area contributed by atoms with Crippen molar-refractivity contribution in [2.75, 3.05) is 13.7 Å². The Balaban J connectivity index is 2.24. The van der Waals surface area contributed by atoms with E-state index in [-0.39, 0.29) is 11.7 Å². The molecule has 0 saturated heterocycles. The summed E-state index contributed by atoms with van der Waals surface area (Å²) in [5, 5.41) is 0. The van der Waals surface area contributed by atoms with E-state index in [4.69, 9.17) is 4.74 Å². The summed E-state index contributed by atoms with van der Waals surface area (Å²) in [6.07, 6.45) is 4.46. The van der Waals surface area contributed by atoms with Crippen LogP contribution in [0.5, 0.6) is 0 Å². The molecular formula is C10H12N2O2. The van der Waals surface area contributed by atoms with Crippen molar-refractivity contribution in [1.29, 1.82) is 0 Å². The minimum Gasteiger partial charge on any atom is -0.384 e. The van der Waals surface area contributed by atoms with Crippen LogP contribution in [0.3, 0.4) is 0 Å². The molecule has 0 N–H and O–H groups in total. The Morgan fingerprint density at radius 1 is 1.57 bits per heavy atom. The van der Waals surface area contributed by atoms with Crippen molar-refractivity contribution in [2.45, 2.75) is 12.8 Å². The van der Waals surface area contributed by atoms with E-state index >= 15 is 0 Å². The van der Waals surface area contributed by atoms with Crippen LogP contribution in [0.15, 0.2) is 12.5 Å². The molecule has 0 aromatic carbocycles. The lowest BCUT2D eigenvalue weighted by molar-refractivity contribution is 0.0882. The fraction of sp³-hybridized carbons (Fsp3) is 0.500. The third-order valence-corrected chi connectivity index (χ3v) is 2.45. The minimum atomic E-state index is 0.133. The summed E-state index contributed by atoms with van der Waals surface area (Å²) in [6.45, 7) is 0.620. The number of rotatable bonds is 2. The first-order valence-corrected chi connectivity index (χ1v) is 4.62. The Morgan fingerprint density at radius 3 is 3.21 bits per heavy atom. The Morgan fingerprint density at radius 2 is 2.43 bits per heavy atom. The molecule has 2 rings (SSSR count). The quantitative estimate of drug-likeness (QED) is 0.697. The number of carbonyl (C=O) groups excluding carboxylic acids is 1. The van der Waals surface area contributed by atoms with Crippen molar-refractivity contribution in [3.8, 4) is 0 Å². The van der Waals surface area contributed by atoms with Crippen LogP contribution in [0.4, 0.5) is 0 Å². The van der Waals surface area contributed by atoms with Crippen molar-refractivity contribution in [1.82, 2.24) is 9.97 Å². The highest BCUT2D eigenvalue weighted by molar-refractivity contribution is 5.97. The molecule has 1 aromatic heterocycles. The van der Waals surface area contributed by atoms with E-state index < -0.39 is 0 Å². The van der Waals surface area contributed by atoms with Crippen LogP contribution in [0.2, 0.25) is 0 Å². The molecule has 1 unspecified atom stereocenters. The molecular weight excluding hydrogens is 180 g/mol. The standard InChI is InChI=1S/C10H12N2O2/c1-14-5-7-2-9-8(10(13)3-7)4-11-6-12-9/h4,6-7H,2-3,5H2,1H3. The molecule has 4 heteroatoms. The summed E-state index contributed by atoms with van der Waals surface area (Å²) in [6, 6.07) is 0. The summed E-state index contributed by atoms with van der Waals surface area (Å²) >= 11 is 0. The van der Waals surface area contributed by atoms with Gasteiger partial charge in [0.25, 0.3) is 0 Å². The number of ketones is 1. The number of hydrogen-bond donors (Lipinski definition) is 0. The Bertz CT molecular complexity index is 352. The van der Waals surface area contributed by atoms with Crippen LogP contribution in [-0.4, -0.2) is 29.5 Å². The molecule has 0 radical (unpaired) electrons. The minimum absolute atomic E-state index is 0.133. The fourth-order valence-corrected chi connectivity index (χ4v) is 1.82. The van der Waals surface area contributed by atoms with Gasteiger partial charge in [-0.1, -0.05) is 0 Å². The first kappa shape index (κ1) is 9.27. The maximum absolute atomic E-state index is 11.6. The average molecular weight is 192 g/mol. The van der Waals surface area contributed by atoms with Crippen LogP contribution in [-0.2, 0) is 11.2 Å². The number of methoxy groups -OCH3 is 1. The SMILES string of the molecule is COCC1CC(=O)c2cncnc2C1. The van der Waals surface area contributed by atoms with Gasteiger partial charge in [0.2, 0.25) is 0 Å². The van der Waals surface area contributed by atoms with E-state index in [1.165, 1.54) is 6.33 Å². The van der Waals surface area contributed by atoms with Gasteiger partial charge >= 0.3 is 0 Å². The predicted molar refractivity (Wildman–Crippen MR) is 50.0 cm³/mol. The summed E-state index contributed by atoms with van der Waals surface area (Å²) in [5.41, 5.74) is 1.54. The summed E-state index contributed by atoms with van der Waals surface area (Å²) in [7, 11) is 1.65. The third-order valence-electron chi connectivity index (χ3n) is 2.45. The highest BCUT2D eigenvalue weighted by Gasteiger charge is 2.25. The maximum Gasteiger partial charge on any atom is 0.166 e. The van der Waals surface area contributed by atoms with Gasteiger partial charge in [-0.2, -0.15) is 0 Å². The zero-order valence-corrected chi connectivity index (χ0v) is 8.06. The smallest absolute Gasteiger partial charge is 0.166 e. The maximum atomic E-state index is 11.6. The molecule has 1 atom stereocenters. The number of nitrogens with zero attached hydrogens (tertiary/aromatic N) is 2. The number of aromatic nitrogens is 2. The van der Waals surface area contributed by atoms with Crippen molar-refractivity contribution < 1.29 is 9.53 Å². The second-order valence-corrected chi connectivity index (χ2v) is 3.54. The van der Waals surface area contributed by atoms with E-state index in [1.54, 1.807) is 13.3 Å². The molecule has 1 aromatic rings. The fourth-order valence-electron chi connectivity index (χ4n) is 1.82. The van der Waals surface area contributed by atoms with E-state index in [0.29, 0.717) is 18.6 Å². The molecule has 0 amide bonds. The first-order valence-electron chi connectivity index (χ1n) is 4.62. The van der Waals surface area contributed by atoms with Gasteiger partial charge in [0.05, 0.1) is 11.3 Å².